The Morgan fingerprint density at radius 1 is 1.67 bits per heavy atom. The van der Waals surface area contributed by atoms with Crippen molar-refractivity contribution in [1.29, 1.82) is 0 Å². The molecule has 0 saturated heterocycles. The largest absolute Gasteiger partial charge is 0.325 e. The van der Waals surface area contributed by atoms with E-state index < -0.39 is 0 Å². The summed E-state index contributed by atoms with van der Waals surface area (Å²) < 4.78 is 0. The van der Waals surface area contributed by atoms with E-state index in [-0.39, 0.29) is 5.54 Å². The molecule has 0 bridgehead atoms. The summed E-state index contributed by atoms with van der Waals surface area (Å²) in [4.78, 5) is 0. The summed E-state index contributed by atoms with van der Waals surface area (Å²) in [6.07, 6.45) is 6.04. The van der Waals surface area contributed by atoms with Crippen LogP contribution in [0.2, 0.25) is 5.15 Å². The highest BCUT2D eigenvalue weighted by Gasteiger charge is 2.37. The molecule has 0 aliphatic heterocycles. The van der Waals surface area contributed by atoms with Gasteiger partial charge in [0.25, 0.3) is 0 Å². The first-order valence-electron chi connectivity index (χ1n) is 4.16. The van der Waals surface area contributed by atoms with Crippen molar-refractivity contribution in [2.75, 3.05) is 0 Å². The molecular formula is C8H12ClN3. The predicted octanol–water partition coefficient (Wildman–Crippen LogP) is 1.49. The Hall–Kier alpha value is -0.540. The highest BCUT2D eigenvalue weighted by Crippen LogP contribution is 2.36. The second kappa shape index (κ2) is 2.75. The van der Waals surface area contributed by atoms with Gasteiger partial charge >= 0.3 is 0 Å². The predicted molar refractivity (Wildman–Crippen MR) is 48.1 cm³/mol. The van der Waals surface area contributed by atoms with E-state index in [0.29, 0.717) is 5.15 Å². The van der Waals surface area contributed by atoms with Crippen LogP contribution in [0.4, 0.5) is 0 Å². The normalized spacial score (nSPS) is 19.5. The minimum Gasteiger partial charge on any atom is -0.325 e. The first-order chi connectivity index (χ1) is 5.70. The number of halogens is 1. The Morgan fingerprint density at radius 3 is 2.92 bits per heavy atom. The molecule has 3 nitrogen and oxygen atoms in total. The van der Waals surface area contributed by atoms with E-state index in [9.17, 15) is 0 Å². The van der Waals surface area contributed by atoms with Crippen molar-refractivity contribution < 1.29 is 0 Å². The van der Waals surface area contributed by atoms with Crippen LogP contribution in [0.1, 0.15) is 24.8 Å². The van der Waals surface area contributed by atoms with Gasteiger partial charge in [0.05, 0.1) is 6.20 Å². The fraction of sp³-hybridized carbons (Fsp3) is 0.625. The summed E-state index contributed by atoms with van der Waals surface area (Å²) >= 11 is 5.83. The molecule has 1 heterocycles. The van der Waals surface area contributed by atoms with Crippen LogP contribution >= 0.6 is 11.6 Å². The van der Waals surface area contributed by atoms with Gasteiger partial charge in [-0.2, -0.15) is 5.10 Å². The van der Waals surface area contributed by atoms with E-state index in [1.165, 1.54) is 0 Å². The molecule has 1 aliphatic rings. The lowest BCUT2D eigenvalue weighted by Crippen LogP contribution is -2.21. The van der Waals surface area contributed by atoms with E-state index in [1.54, 1.807) is 6.20 Å². The zero-order valence-electron chi connectivity index (χ0n) is 6.81. The first-order valence-corrected chi connectivity index (χ1v) is 4.54. The van der Waals surface area contributed by atoms with Gasteiger partial charge in [0.1, 0.15) is 5.15 Å². The summed E-state index contributed by atoms with van der Waals surface area (Å²) in [5, 5.41) is 7.20. The molecule has 0 aromatic carbocycles. The van der Waals surface area contributed by atoms with Gasteiger partial charge in [0.2, 0.25) is 0 Å². The fourth-order valence-corrected chi connectivity index (χ4v) is 1.46. The molecule has 12 heavy (non-hydrogen) atoms. The fourth-order valence-electron chi connectivity index (χ4n) is 1.26. The zero-order valence-corrected chi connectivity index (χ0v) is 7.56. The Morgan fingerprint density at radius 2 is 2.42 bits per heavy atom. The third-order valence-electron chi connectivity index (χ3n) is 2.45. The maximum absolute atomic E-state index is 5.94. The lowest BCUT2D eigenvalue weighted by Gasteiger charge is -2.05. The van der Waals surface area contributed by atoms with Crippen molar-refractivity contribution in [3.05, 3.63) is 16.9 Å². The highest BCUT2D eigenvalue weighted by atomic mass is 35.5. The molecule has 0 unspecified atom stereocenters. The monoisotopic (exact) mass is 185 g/mol. The van der Waals surface area contributed by atoms with Gasteiger partial charge in [-0.05, 0) is 25.7 Å². The highest BCUT2D eigenvalue weighted by molar-refractivity contribution is 6.30. The number of aryl methyl sites for hydroxylation is 1. The van der Waals surface area contributed by atoms with Crippen molar-refractivity contribution in [1.82, 2.24) is 10.2 Å². The van der Waals surface area contributed by atoms with Crippen molar-refractivity contribution in [3.8, 4) is 0 Å². The molecule has 1 aliphatic carbocycles. The molecule has 1 aromatic heterocycles. The van der Waals surface area contributed by atoms with Crippen molar-refractivity contribution in [2.45, 2.75) is 31.2 Å². The topological polar surface area (TPSA) is 54.7 Å². The average molecular weight is 186 g/mol. The van der Waals surface area contributed by atoms with Crippen LogP contribution in [0.5, 0.6) is 0 Å². The summed E-state index contributed by atoms with van der Waals surface area (Å²) in [7, 11) is 0. The van der Waals surface area contributed by atoms with Crippen LogP contribution in [0.25, 0.3) is 0 Å². The Bertz CT molecular complexity index is 278. The summed E-state index contributed by atoms with van der Waals surface area (Å²) in [5.41, 5.74) is 7.13. The minimum absolute atomic E-state index is 0.112. The molecule has 1 saturated carbocycles. The number of H-pyrrole nitrogens is 1. The number of aromatic amines is 1. The summed E-state index contributed by atoms with van der Waals surface area (Å²) in [6.45, 7) is 0. The van der Waals surface area contributed by atoms with E-state index >= 15 is 0 Å². The van der Waals surface area contributed by atoms with Gasteiger partial charge in [-0.15, -0.1) is 0 Å². The number of rotatable bonds is 3. The van der Waals surface area contributed by atoms with Crippen LogP contribution < -0.4 is 5.73 Å². The molecule has 0 amide bonds. The molecule has 1 fully saturated rings. The zero-order chi connectivity index (χ0) is 8.60. The van der Waals surface area contributed by atoms with Gasteiger partial charge in [-0.3, -0.25) is 5.10 Å². The lowest BCUT2D eigenvalue weighted by molar-refractivity contribution is 0.609. The first kappa shape index (κ1) is 8.08. The van der Waals surface area contributed by atoms with Crippen LogP contribution in [0, 0.1) is 0 Å². The number of nitrogens with one attached hydrogen (secondary N) is 1. The molecule has 4 heteroatoms. The van der Waals surface area contributed by atoms with Gasteiger partial charge in [0, 0.05) is 11.1 Å². The third kappa shape index (κ3) is 1.62. The molecule has 1 aromatic rings. The molecule has 0 radical (unpaired) electrons. The van der Waals surface area contributed by atoms with E-state index in [2.05, 4.69) is 10.2 Å². The smallest absolute Gasteiger partial charge is 0.127 e. The van der Waals surface area contributed by atoms with Crippen molar-refractivity contribution >= 4 is 11.6 Å². The molecule has 2 rings (SSSR count). The van der Waals surface area contributed by atoms with Crippen molar-refractivity contribution in [2.24, 2.45) is 5.73 Å². The Labute approximate surface area is 76.3 Å². The second-order valence-electron chi connectivity index (χ2n) is 3.57. The van der Waals surface area contributed by atoms with Crippen LogP contribution in [-0.4, -0.2) is 15.7 Å². The van der Waals surface area contributed by atoms with E-state index in [4.69, 9.17) is 17.3 Å². The van der Waals surface area contributed by atoms with E-state index in [1.807, 2.05) is 0 Å². The van der Waals surface area contributed by atoms with Crippen LogP contribution in [0.3, 0.4) is 0 Å². The number of nitrogens with two attached hydrogens (primary N) is 1. The maximum atomic E-state index is 5.94. The summed E-state index contributed by atoms with van der Waals surface area (Å²) in [6, 6.07) is 0. The van der Waals surface area contributed by atoms with Crippen LogP contribution in [0.15, 0.2) is 6.20 Å². The van der Waals surface area contributed by atoms with Gasteiger partial charge in [-0.1, -0.05) is 11.6 Å². The number of hydrogen-bond donors (Lipinski definition) is 2. The van der Waals surface area contributed by atoms with Crippen molar-refractivity contribution in [3.63, 3.8) is 0 Å². The standard InChI is InChI=1S/C8H12ClN3/c9-7-6(5-11-12-7)1-2-8(10)3-4-8/h5H,1-4,10H2,(H,11,12). The SMILES string of the molecule is NC1(CCc2cn[nH]c2Cl)CC1. The molecule has 0 spiro atoms. The summed E-state index contributed by atoms with van der Waals surface area (Å²) in [5.74, 6) is 0. The molecular weight excluding hydrogens is 174 g/mol. The average Bonchev–Trinajstić information content (AvgIpc) is 2.61. The lowest BCUT2D eigenvalue weighted by atomic mass is 10.1. The maximum Gasteiger partial charge on any atom is 0.127 e. The second-order valence-corrected chi connectivity index (χ2v) is 3.95. The Balaban J connectivity index is 1.91. The number of nitrogens with zero attached hydrogens (tertiary/aromatic N) is 1. The van der Waals surface area contributed by atoms with E-state index in [0.717, 1.165) is 31.2 Å². The number of hydrogen-bond acceptors (Lipinski definition) is 2. The Kier molecular flexibility index (Phi) is 1.85. The molecule has 66 valence electrons. The van der Waals surface area contributed by atoms with Gasteiger partial charge < -0.3 is 5.73 Å². The third-order valence-corrected chi connectivity index (χ3v) is 2.78. The minimum atomic E-state index is 0.112. The van der Waals surface area contributed by atoms with Gasteiger partial charge in [0.15, 0.2) is 0 Å². The molecule has 0 atom stereocenters. The quantitative estimate of drug-likeness (QED) is 0.750. The molecule has 3 N–H and O–H groups in total. The van der Waals surface area contributed by atoms with Gasteiger partial charge in [-0.25, -0.2) is 0 Å². The van der Waals surface area contributed by atoms with Crippen LogP contribution in [-0.2, 0) is 6.42 Å². The number of aromatic nitrogens is 2.